The summed E-state index contributed by atoms with van der Waals surface area (Å²) in [6.07, 6.45) is 1.34. The molecule has 1 aromatic rings. The Labute approximate surface area is 124 Å². The lowest BCUT2D eigenvalue weighted by Crippen LogP contribution is -2.48. The monoisotopic (exact) mass is 275 g/mol. The number of benzene rings is 1. The highest BCUT2D eigenvalue weighted by atomic mass is 16.1. The molecule has 0 saturated heterocycles. The number of ketones is 1. The Hall–Kier alpha value is -1.15. The average Bonchev–Trinajstić information content (AvgIpc) is 2.36. The van der Waals surface area contributed by atoms with Gasteiger partial charge < -0.3 is 0 Å². The molecule has 20 heavy (non-hydrogen) atoms. The summed E-state index contributed by atoms with van der Waals surface area (Å²) in [5.41, 5.74) is 2.19. The first-order chi connectivity index (χ1) is 9.11. The predicted molar refractivity (Wildman–Crippen MR) is 86.2 cm³/mol. The van der Waals surface area contributed by atoms with Crippen molar-refractivity contribution in [2.45, 2.75) is 58.4 Å². The number of rotatable bonds is 5. The van der Waals surface area contributed by atoms with Gasteiger partial charge in [-0.3, -0.25) is 9.69 Å². The summed E-state index contributed by atoms with van der Waals surface area (Å²) in [7, 11) is 3.95. The van der Waals surface area contributed by atoms with Crippen LogP contribution in [0, 0.1) is 0 Å². The van der Waals surface area contributed by atoms with Gasteiger partial charge in [0, 0.05) is 6.42 Å². The number of carbonyl (C=O) groups excluding carboxylic acids is 1. The Kier molecular flexibility index (Phi) is 5.15. The van der Waals surface area contributed by atoms with Crippen molar-refractivity contribution in [3.63, 3.8) is 0 Å². The van der Waals surface area contributed by atoms with E-state index in [0.29, 0.717) is 6.42 Å². The van der Waals surface area contributed by atoms with Crippen LogP contribution in [0.25, 0.3) is 0 Å². The zero-order chi connectivity index (χ0) is 15.6. The van der Waals surface area contributed by atoms with Crippen LogP contribution in [-0.2, 0) is 16.6 Å². The van der Waals surface area contributed by atoms with E-state index in [1.165, 1.54) is 5.56 Å². The van der Waals surface area contributed by atoms with Crippen LogP contribution in [-0.4, -0.2) is 30.3 Å². The number of carbonyl (C=O) groups is 1. The normalized spacial score (nSPS) is 15.2. The number of hydrogen-bond donors (Lipinski definition) is 0. The second-order valence-corrected chi connectivity index (χ2v) is 7.07. The van der Waals surface area contributed by atoms with Gasteiger partial charge in [-0.25, -0.2) is 0 Å². The molecule has 1 unspecified atom stereocenters. The van der Waals surface area contributed by atoms with Gasteiger partial charge >= 0.3 is 0 Å². The smallest absolute Gasteiger partial charge is 0.157 e. The van der Waals surface area contributed by atoms with Crippen LogP contribution in [0.4, 0.5) is 0 Å². The molecule has 2 heteroatoms. The summed E-state index contributed by atoms with van der Waals surface area (Å²) in [5.74, 6) is 0.286. The van der Waals surface area contributed by atoms with Crippen molar-refractivity contribution >= 4 is 5.78 Å². The third-order valence-electron chi connectivity index (χ3n) is 4.46. The van der Waals surface area contributed by atoms with E-state index in [9.17, 15) is 4.79 Å². The van der Waals surface area contributed by atoms with E-state index in [1.54, 1.807) is 0 Å². The molecule has 0 radical (unpaired) electrons. The molecule has 0 spiro atoms. The Morgan fingerprint density at radius 3 is 1.90 bits per heavy atom. The lowest BCUT2D eigenvalue weighted by Gasteiger charge is -2.34. The zero-order valence-electron chi connectivity index (χ0n) is 14.1. The molecule has 2 nitrogen and oxygen atoms in total. The summed E-state index contributed by atoms with van der Waals surface area (Å²) in [6, 6.07) is 8.46. The topological polar surface area (TPSA) is 20.3 Å². The van der Waals surface area contributed by atoms with Gasteiger partial charge in [0.25, 0.3) is 0 Å². The maximum Gasteiger partial charge on any atom is 0.157 e. The van der Waals surface area contributed by atoms with E-state index in [2.05, 4.69) is 52.0 Å². The first-order valence-corrected chi connectivity index (χ1v) is 7.41. The van der Waals surface area contributed by atoms with Crippen molar-refractivity contribution in [1.82, 2.24) is 4.90 Å². The van der Waals surface area contributed by atoms with Gasteiger partial charge in [-0.05, 0) is 44.0 Å². The van der Waals surface area contributed by atoms with Gasteiger partial charge in [-0.2, -0.15) is 0 Å². The van der Waals surface area contributed by atoms with Gasteiger partial charge in [-0.15, -0.1) is 0 Å². The maximum absolute atomic E-state index is 12.5. The number of nitrogens with zero attached hydrogens (tertiary/aromatic N) is 1. The lowest BCUT2D eigenvalue weighted by atomic mass is 9.85. The summed E-state index contributed by atoms with van der Waals surface area (Å²) in [5, 5.41) is 0. The highest BCUT2D eigenvalue weighted by Gasteiger charge is 2.32. The van der Waals surface area contributed by atoms with Gasteiger partial charge in [0.1, 0.15) is 0 Å². The Bertz CT molecular complexity index is 453. The molecule has 0 aliphatic heterocycles. The van der Waals surface area contributed by atoms with Crippen molar-refractivity contribution in [3.05, 3.63) is 35.4 Å². The molecule has 0 bridgehead atoms. The van der Waals surface area contributed by atoms with Crippen LogP contribution >= 0.6 is 0 Å². The van der Waals surface area contributed by atoms with Gasteiger partial charge in [0.2, 0.25) is 0 Å². The quantitative estimate of drug-likeness (QED) is 0.814. The maximum atomic E-state index is 12.5. The summed E-state index contributed by atoms with van der Waals surface area (Å²) in [6.45, 7) is 10.7. The van der Waals surface area contributed by atoms with Gasteiger partial charge in [0.15, 0.2) is 5.78 Å². The first kappa shape index (κ1) is 16.9. The van der Waals surface area contributed by atoms with Crippen molar-refractivity contribution in [3.8, 4) is 0 Å². The molecular formula is C18H29NO. The molecule has 112 valence electrons. The first-order valence-electron chi connectivity index (χ1n) is 7.41. The fourth-order valence-electron chi connectivity index (χ4n) is 2.26. The van der Waals surface area contributed by atoms with Crippen LogP contribution in [0.5, 0.6) is 0 Å². The van der Waals surface area contributed by atoms with E-state index in [1.807, 2.05) is 25.9 Å². The second kappa shape index (κ2) is 6.09. The minimum atomic E-state index is -0.372. The molecule has 0 aromatic heterocycles. The fraction of sp³-hybridized carbons (Fsp3) is 0.611. The molecule has 0 N–H and O–H groups in total. The van der Waals surface area contributed by atoms with Gasteiger partial charge in [0.05, 0.1) is 5.54 Å². The van der Waals surface area contributed by atoms with Gasteiger partial charge in [-0.1, -0.05) is 52.0 Å². The summed E-state index contributed by atoms with van der Waals surface area (Å²) >= 11 is 0. The van der Waals surface area contributed by atoms with Crippen molar-refractivity contribution in [1.29, 1.82) is 0 Å². The second-order valence-electron chi connectivity index (χ2n) is 7.07. The SMILES string of the molecule is CCC(C)(C(=O)Cc1ccc(C(C)(C)C)cc1)N(C)C. The third-order valence-corrected chi connectivity index (χ3v) is 4.46. The standard InChI is InChI=1S/C18H29NO/c1-8-18(5,19(6)7)16(20)13-14-9-11-15(12-10-14)17(2,3)4/h9-12H,8,13H2,1-7H3. The molecule has 0 fully saturated rings. The molecule has 1 rings (SSSR count). The molecular weight excluding hydrogens is 246 g/mol. The van der Waals surface area contributed by atoms with Crippen LogP contribution in [0.3, 0.4) is 0 Å². The molecule has 1 aromatic carbocycles. The molecule has 0 amide bonds. The number of Topliss-reactive ketones (excluding diaryl/α,β-unsaturated/α-hetero) is 1. The average molecular weight is 275 g/mol. The van der Waals surface area contributed by atoms with E-state index in [4.69, 9.17) is 0 Å². The van der Waals surface area contributed by atoms with Crippen LogP contribution in [0.2, 0.25) is 0 Å². The Morgan fingerprint density at radius 2 is 1.55 bits per heavy atom. The molecule has 0 aliphatic carbocycles. The highest BCUT2D eigenvalue weighted by molar-refractivity contribution is 5.89. The van der Waals surface area contributed by atoms with E-state index >= 15 is 0 Å². The van der Waals surface area contributed by atoms with Crippen LogP contribution < -0.4 is 0 Å². The Morgan fingerprint density at radius 1 is 1.05 bits per heavy atom. The van der Waals surface area contributed by atoms with Crippen LogP contribution in [0.1, 0.15) is 52.2 Å². The molecule has 1 atom stereocenters. The number of hydrogen-bond acceptors (Lipinski definition) is 2. The predicted octanol–water partition coefficient (Wildman–Crippen LogP) is 3.83. The van der Waals surface area contributed by atoms with Crippen molar-refractivity contribution < 1.29 is 4.79 Å². The highest BCUT2D eigenvalue weighted by Crippen LogP contribution is 2.24. The van der Waals surface area contributed by atoms with E-state index < -0.39 is 0 Å². The third kappa shape index (κ3) is 3.69. The number of likely N-dealkylation sites (N-methyl/N-ethyl adjacent to an activating group) is 1. The molecule has 0 aliphatic rings. The Balaban J connectivity index is 2.87. The lowest BCUT2D eigenvalue weighted by molar-refractivity contribution is -0.128. The molecule has 0 saturated carbocycles. The van der Waals surface area contributed by atoms with E-state index in [-0.39, 0.29) is 16.7 Å². The van der Waals surface area contributed by atoms with Crippen molar-refractivity contribution in [2.24, 2.45) is 0 Å². The summed E-state index contributed by atoms with van der Waals surface area (Å²) < 4.78 is 0. The molecule has 0 heterocycles. The van der Waals surface area contributed by atoms with E-state index in [0.717, 1.165) is 12.0 Å². The minimum absolute atomic E-state index is 0.157. The fourth-order valence-corrected chi connectivity index (χ4v) is 2.26. The van der Waals surface area contributed by atoms with Crippen molar-refractivity contribution in [2.75, 3.05) is 14.1 Å². The summed E-state index contributed by atoms with van der Waals surface area (Å²) in [4.78, 5) is 14.6. The zero-order valence-corrected chi connectivity index (χ0v) is 14.1. The van der Waals surface area contributed by atoms with Crippen LogP contribution in [0.15, 0.2) is 24.3 Å². The largest absolute Gasteiger partial charge is 0.297 e. The minimum Gasteiger partial charge on any atom is -0.297 e.